The molecule has 0 unspecified atom stereocenters. The molecule has 0 bridgehead atoms. The molecule has 0 aliphatic heterocycles. The predicted molar refractivity (Wildman–Crippen MR) is 86.8 cm³/mol. The van der Waals surface area contributed by atoms with Gasteiger partial charge in [0.2, 0.25) is 5.78 Å². The number of anilines is 1. The number of halogens is 2. The second-order valence-electron chi connectivity index (χ2n) is 3.92. The van der Waals surface area contributed by atoms with Gasteiger partial charge in [-0.15, -0.1) is 11.3 Å². The van der Waals surface area contributed by atoms with Crippen LogP contribution in [0, 0.1) is 0 Å². The van der Waals surface area contributed by atoms with Gasteiger partial charge in [0.25, 0.3) is 0 Å². The van der Waals surface area contributed by atoms with E-state index in [1.54, 1.807) is 18.5 Å². The summed E-state index contributed by atoms with van der Waals surface area (Å²) in [4.78, 5) is 36.0. The van der Waals surface area contributed by atoms with Crippen molar-refractivity contribution in [1.29, 1.82) is 0 Å². The third-order valence-corrected chi connectivity index (χ3v) is 3.58. The quantitative estimate of drug-likeness (QED) is 0.273. The van der Waals surface area contributed by atoms with Crippen LogP contribution in [0.5, 0.6) is 0 Å². The Morgan fingerprint density at radius 1 is 1.39 bits per heavy atom. The summed E-state index contributed by atoms with van der Waals surface area (Å²) >= 11 is 12.8. The smallest absolute Gasteiger partial charge is 0.343 e. The lowest BCUT2D eigenvalue weighted by molar-refractivity contribution is -0.138. The van der Waals surface area contributed by atoms with Crippen LogP contribution in [0.25, 0.3) is 0 Å². The first-order valence-electron chi connectivity index (χ1n) is 6.29. The third kappa shape index (κ3) is 4.47. The van der Waals surface area contributed by atoms with E-state index in [9.17, 15) is 9.59 Å². The van der Waals surface area contributed by atoms with Gasteiger partial charge in [-0.2, -0.15) is 0 Å². The van der Waals surface area contributed by atoms with Gasteiger partial charge in [-0.3, -0.25) is 4.79 Å². The number of nitrogens with one attached hydrogen (secondary N) is 1. The first-order valence-corrected chi connectivity index (χ1v) is 7.92. The van der Waals surface area contributed by atoms with Gasteiger partial charge in [-0.1, -0.05) is 23.2 Å². The maximum absolute atomic E-state index is 12.5. The first-order chi connectivity index (χ1) is 11.0. The van der Waals surface area contributed by atoms with E-state index in [0.29, 0.717) is 5.13 Å². The Kier molecular flexibility index (Phi) is 6.03. The van der Waals surface area contributed by atoms with Gasteiger partial charge in [0.15, 0.2) is 10.3 Å². The molecule has 120 valence electrons. The van der Waals surface area contributed by atoms with Crippen LogP contribution in [0.4, 0.5) is 5.13 Å². The molecular formula is C13H10Cl2N4O3S. The van der Waals surface area contributed by atoms with Gasteiger partial charge in [-0.05, 0) is 6.92 Å². The molecule has 0 aliphatic carbocycles. The number of hydrogen-bond acceptors (Lipinski definition) is 8. The van der Waals surface area contributed by atoms with Crippen molar-refractivity contribution < 1.29 is 14.3 Å². The van der Waals surface area contributed by atoms with Crippen molar-refractivity contribution in [2.75, 3.05) is 11.9 Å². The summed E-state index contributed by atoms with van der Waals surface area (Å²) in [5, 5.41) is 4.83. The molecule has 2 aromatic rings. The number of esters is 1. The fraction of sp³-hybridized carbons (Fsp3) is 0.154. The Bertz CT molecular complexity index is 750. The molecule has 0 fully saturated rings. The third-order valence-electron chi connectivity index (χ3n) is 2.43. The van der Waals surface area contributed by atoms with E-state index in [-0.39, 0.29) is 28.2 Å². The van der Waals surface area contributed by atoms with Gasteiger partial charge < -0.3 is 10.1 Å². The van der Waals surface area contributed by atoms with Crippen LogP contribution < -0.4 is 5.32 Å². The summed E-state index contributed by atoms with van der Waals surface area (Å²) in [7, 11) is 0. The molecule has 0 saturated heterocycles. The zero-order chi connectivity index (χ0) is 16.8. The van der Waals surface area contributed by atoms with Crippen LogP contribution in [0.2, 0.25) is 10.3 Å². The number of hydrogen-bond donors (Lipinski definition) is 1. The monoisotopic (exact) mass is 372 g/mol. The molecule has 7 nitrogen and oxygen atoms in total. The Hall–Kier alpha value is -2.03. The SMILES string of the molecule is CCOC(=O)/C(=C\Nc1nccs1)C(=O)c1ncc(Cl)nc1Cl. The number of thiazole rings is 1. The van der Waals surface area contributed by atoms with Crippen molar-refractivity contribution in [2.24, 2.45) is 0 Å². The number of Topliss-reactive ketones (excluding diaryl/α,β-unsaturated/α-hetero) is 1. The largest absolute Gasteiger partial charge is 0.462 e. The minimum absolute atomic E-state index is 0.0362. The molecule has 0 radical (unpaired) electrons. The molecule has 0 aliphatic rings. The number of rotatable bonds is 6. The Labute approximate surface area is 145 Å². The molecule has 1 N–H and O–H groups in total. The molecule has 0 saturated carbocycles. The highest BCUT2D eigenvalue weighted by atomic mass is 35.5. The van der Waals surface area contributed by atoms with Crippen molar-refractivity contribution in [2.45, 2.75) is 6.92 Å². The molecule has 0 amide bonds. The van der Waals surface area contributed by atoms with Crippen molar-refractivity contribution in [3.05, 3.63) is 45.5 Å². The number of ketones is 1. The highest BCUT2D eigenvalue weighted by Crippen LogP contribution is 2.19. The van der Waals surface area contributed by atoms with Crippen molar-refractivity contribution in [3.63, 3.8) is 0 Å². The van der Waals surface area contributed by atoms with E-state index in [4.69, 9.17) is 27.9 Å². The van der Waals surface area contributed by atoms with Crippen LogP contribution in [0.3, 0.4) is 0 Å². The van der Waals surface area contributed by atoms with E-state index in [1.807, 2.05) is 0 Å². The Morgan fingerprint density at radius 3 is 2.78 bits per heavy atom. The van der Waals surface area contributed by atoms with Crippen LogP contribution in [-0.4, -0.2) is 33.3 Å². The highest BCUT2D eigenvalue weighted by molar-refractivity contribution is 7.13. The second-order valence-corrected chi connectivity index (χ2v) is 5.56. The molecule has 0 aromatic carbocycles. The summed E-state index contributed by atoms with van der Waals surface area (Å²) < 4.78 is 4.88. The number of ether oxygens (including phenoxy) is 1. The Morgan fingerprint density at radius 2 is 2.17 bits per heavy atom. The van der Waals surface area contributed by atoms with Crippen molar-refractivity contribution >= 4 is 51.4 Å². The lowest BCUT2D eigenvalue weighted by Crippen LogP contribution is -2.19. The molecule has 2 heterocycles. The molecule has 10 heteroatoms. The topological polar surface area (TPSA) is 94.1 Å². The van der Waals surface area contributed by atoms with Crippen molar-refractivity contribution in [3.8, 4) is 0 Å². The maximum Gasteiger partial charge on any atom is 0.343 e. The number of carbonyl (C=O) groups excluding carboxylic acids is 2. The van der Waals surface area contributed by atoms with E-state index in [2.05, 4.69) is 20.3 Å². The van der Waals surface area contributed by atoms with Gasteiger partial charge in [0.05, 0.1) is 12.8 Å². The van der Waals surface area contributed by atoms with E-state index in [0.717, 1.165) is 6.20 Å². The summed E-state index contributed by atoms with van der Waals surface area (Å²) in [6.07, 6.45) is 3.94. The van der Waals surface area contributed by atoms with Crippen molar-refractivity contribution in [1.82, 2.24) is 15.0 Å². The van der Waals surface area contributed by atoms with E-state index >= 15 is 0 Å². The molecule has 0 atom stereocenters. The standard InChI is InChI=1S/C13H10Cl2N4O3S/c1-2-22-12(21)7(5-18-13-16-3-4-23-13)10(20)9-11(15)19-8(14)6-17-9/h3-6H,2H2,1H3,(H,16,18)/b7-5-. The van der Waals surface area contributed by atoms with Gasteiger partial charge in [0, 0.05) is 17.8 Å². The normalized spacial score (nSPS) is 11.2. The number of nitrogens with zero attached hydrogens (tertiary/aromatic N) is 3. The molecular weight excluding hydrogens is 363 g/mol. The number of aromatic nitrogens is 3. The summed E-state index contributed by atoms with van der Waals surface area (Å²) in [5.74, 6) is -1.55. The summed E-state index contributed by atoms with van der Waals surface area (Å²) in [6.45, 7) is 1.74. The van der Waals surface area contributed by atoms with Gasteiger partial charge in [0.1, 0.15) is 16.4 Å². The van der Waals surface area contributed by atoms with Gasteiger partial charge >= 0.3 is 5.97 Å². The lowest BCUT2D eigenvalue weighted by Gasteiger charge is -2.07. The highest BCUT2D eigenvalue weighted by Gasteiger charge is 2.25. The minimum atomic E-state index is -0.811. The first kappa shape index (κ1) is 17.3. The zero-order valence-corrected chi connectivity index (χ0v) is 14.1. The maximum atomic E-state index is 12.5. The predicted octanol–water partition coefficient (Wildman–Crippen LogP) is 2.98. The van der Waals surface area contributed by atoms with Crippen LogP contribution >= 0.6 is 34.5 Å². The fourth-order valence-electron chi connectivity index (χ4n) is 1.48. The average Bonchev–Trinajstić information content (AvgIpc) is 3.01. The van der Waals surface area contributed by atoms with Crippen LogP contribution in [0.1, 0.15) is 17.4 Å². The zero-order valence-electron chi connectivity index (χ0n) is 11.7. The minimum Gasteiger partial charge on any atom is -0.462 e. The fourth-order valence-corrected chi connectivity index (χ4v) is 2.38. The molecule has 23 heavy (non-hydrogen) atoms. The summed E-state index contributed by atoms with van der Waals surface area (Å²) in [6, 6.07) is 0. The lowest BCUT2D eigenvalue weighted by atomic mass is 10.1. The Balaban J connectivity index is 2.33. The average molecular weight is 373 g/mol. The van der Waals surface area contributed by atoms with Gasteiger partial charge in [-0.25, -0.2) is 19.7 Å². The van der Waals surface area contributed by atoms with Crippen LogP contribution in [-0.2, 0) is 9.53 Å². The molecule has 2 rings (SSSR count). The second kappa shape index (κ2) is 8.00. The van der Waals surface area contributed by atoms with Crippen LogP contribution in [0.15, 0.2) is 29.5 Å². The molecule has 0 spiro atoms. The van der Waals surface area contributed by atoms with E-state index in [1.165, 1.54) is 17.5 Å². The number of carbonyl (C=O) groups is 2. The summed E-state index contributed by atoms with van der Waals surface area (Å²) in [5.41, 5.74) is -0.475. The van der Waals surface area contributed by atoms with E-state index < -0.39 is 11.8 Å². The molecule has 2 aromatic heterocycles.